The Hall–Kier alpha value is -1.17. The van der Waals surface area contributed by atoms with E-state index in [0.29, 0.717) is 6.42 Å². The lowest BCUT2D eigenvalue weighted by molar-refractivity contribution is 0.0219. The number of rotatable bonds is 4. The van der Waals surface area contributed by atoms with Crippen molar-refractivity contribution in [1.29, 1.82) is 0 Å². The van der Waals surface area contributed by atoms with Gasteiger partial charge in [-0.05, 0) is 24.1 Å². The number of hydrogen-bond acceptors (Lipinski definition) is 4. The minimum absolute atomic E-state index is 0.205. The molecule has 0 radical (unpaired) electrons. The second-order valence-electron chi connectivity index (χ2n) is 3.35. The van der Waals surface area contributed by atoms with Crippen molar-refractivity contribution in [2.45, 2.75) is 18.8 Å². The largest absolute Gasteiger partial charge is 0.494 e. The predicted molar refractivity (Wildman–Crippen MR) is 48.4 cm³/mol. The van der Waals surface area contributed by atoms with E-state index in [9.17, 15) is 9.50 Å². The number of halogens is 1. The first kappa shape index (κ1) is 10.4. The molecule has 1 aromatic carbocycles. The highest BCUT2D eigenvalue weighted by Crippen LogP contribution is 2.31. The zero-order chi connectivity index (χ0) is 10.9. The van der Waals surface area contributed by atoms with Crippen molar-refractivity contribution in [3.05, 3.63) is 29.6 Å². The fraction of sp³-hybridized carbons (Fsp3) is 0.400. The van der Waals surface area contributed by atoms with Crippen LogP contribution in [0.1, 0.15) is 12.0 Å². The summed E-state index contributed by atoms with van der Waals surface area (Å²) in [5, 5.41) is 9.20. The van der Waals surface area contributed by atoms with Crippen LogP contribution >= 0.6 is 0 Å². The smallest absolute Gasteiger partial charge is 0.338 e. The van der Waals surface area contributed by atoms with Gasteiger partial charge >= 0.3 is 5.97 Å². The molecule has 0 aliphatic carbocycles. The molecule has 1 heterocycles. The molecule has 0 saturated carbocycles. The number of hydrogen-bond donors (Lipinski definition) is 1. The molecule has 0 spiro atoms. The van der Waals surface area contributed by atoms with Crippen molar-refractivity contribution < 1.29 is 24.0 Å². The fourth-order valence-corrected chi connectivity index (χ4v) is 1.30. The van der Waals surface area contributed by atoms with Crippen LogP contribution in [0.3, 0.4) is 0 Å². The van der Waals surface area contributed by atoms with Crippen molar-refractivity contribution >= 4 is 0 Å². The molecule has 2 rings (SSSR count). The molecule has 1 aliphatic rings. The average molecular weight is 214 g/mol. The molecule has 1 aromatic rings. The first-order chi connectivity index (χ1) is 7.13. The first-order valence-corrected chi connectivity index (χ1v) is 4.55. The van der Waals surface area contributed by atoms with Gasteiger partial charge in [-0.2, -0.15) is 9.78 Å². The van der Waals surface area contributed by atoms with Gasteiger partial charge in [-0.25, -0.2) is 4.39 Å². The summed E-state index contributed by atoms with van der Waals surface area (Å²) in [5.74, 6) is -1.67. The standard InChI is InChI=1S/C10H11FO4/c1-13-9-3-2-7(6-8(9)11)4-5-10(12)14-15-10/h2-3,6,12H,4-5H2,1H3. The van der Waals surface area contributed by atoms with E-state index in [1.165, 1.54) is 13.2 Å². The van der Waals surface area contributed by atoms with Crippen LogP contribution in [0.25, 0.3) is 0 Å². The lowest BCUT2D eigenvalue weighted by atomic mass is 10.1. The van der Waals surface area contributed by atoms with E-state index in [0.717, 1.165) is 5.56 Å². The maximum Gasteiger partial charge on any atom is 0.338 e. The quantitative estimate of drug-likeness (QED) is 0.607. The molecule has 15 heavy (non-hydrogen) atoms. The lowest BCUT2D eigenvalue weighted by Gasteiger charge is -2.04. The van der Waals surface area contributed by atoms with E-state index in [1.54, 1.807) is 12.1 Å². The van der Waals surface area contributed by atoms with Gasteiger partial charge in [0.05, 0.1) is 7.11 Å². The molecule has 0 atom stereocenters. The molecule has 1 aliphatic heterocycles. The van der Waals surface area contributed by atoms with Gasteiger partial charge in [-0.3, -0.25) is 0 Å². The van der Waals surface area contributed by atoms with Crippen LogP contribution in [0.4, 0.5) is 4.39 Å². The van der Waals surface area contributed by atoms with Gasteiger partial charge in [-0.15, -0.1) is 0 Å². The van der Waals surface area contributed by atoms with E-state index in [4.69, 9.17) is 4.74 Å². The minimum atomic E-state index is -1.46. The zero-order valence-corrected chi connectivity index (χ0v) is 8.20. The fourth-order valence-electron chi connectivity index (χ4n) is 1.30. The van der Waals surface area contributed by atoms with Crippen molar-refractivity contribution in [3.63, 3.8) is 0 Å². The zero-order valence-electron chi connectivity index (χ0n) is 8.20. The Morgan fingerprint density at radius 2 is 2.20 bits per heavy atom. The van der Waals surface area contributed by atoms with E-state index in [2.05, 4.69) is 9.78 Å². The van der Waals surface area contributed by atoms with Crippen LogP contribution in [-0.2, 0) is 16.2 Å². The van der Waals surface area contributed by atoms with Crippen molar-refractivity contribution in [3.8, 4) is 5.75 Å². The molecule has 1 saturated heterocycles. The molecule has 1 fully saturated rings. The van der Waals surface area contributed by atoms with Gasteiger partial charge in [0.1, 0.15) is 0 Å². The average Bonchev–Trinajstić information content (AvgIpc) is 2.95. The number of benzene rings is 1. The normalized spacial score (nSPS) is 17.5. The Morgan fingerprint density at radius 1 is 1.47 bits per heavy atom. The summed E-state index contributed by atoms with van der Waals surface area (Å²) in [5.41, 5.74) is 0.751. The van der Waals surface area contributed by atoms with E-state index < -0.39 is 11.8 Å². The van der Waals surface area contributed by atoms with Crippen molar-refractivity contribution in [1.82, 2.24) is 0 Å². The van der Waals surface area contributed by atoms with Crippen LogP contribution in [0, 0.1) is 5.82 Å². The SMILES string of the molecule is COc1ccc(CCC2(O)OO2)cc1F. The summed E-state index contributed by atoms with van der Waals surface area (Å²) >= 11 is 0. The van der Waals surface area contributed by atoms with Gasteiger partial charge < -0.3 is 9.84 Å². The highest BCUT2D eigenvalue weighted by molar-refractivity contribution is 5.29. The lowest BCUT2D eigenvalue weighted by Crippen LogP contribution is -2.09. The second-order valence-corrected chi connectivity index (χ2v) is 3.35. The van der Waals surface area contributed by atoms with Gasteiger partial charge in [-0.1, -0.05) is 6.07 Å². The van der Waals surface area contributed by atoms with Gasteiger partial charge in [0.25, 0.3) is 0 Å². The summed E-state index contributed by atoms with van der Waals surface area (Å²) in [7, 11) is 1.41. The molecule has 4 nitrogen and oxygen atoms in total. The maximum absolute atomic E-state index is 13.2. The molecule has 82 valence electrons. The third-order valence-electron chi connectivity index (χ3n) is 2.22. The monoisotopic (exact) mass is 214 g/mol. The van der Waals surface area contributed by atoms with E-state index in [-0.39, 0.29) is 12.2 Å². The number of aliphatic hydroxyl groups is 1. The Balaban J connectivity index is 1.99. The van der Waals surface area contributed by atoms with Crippen LogP contribution in [0.5, 0.6) is 5.75 Å². The molecule has 0 bridgehead atoms. The molecular formula is C10H11FO4. The Bertz CT molecular complexity index is 362. The highest BCUT2D eigenvalue weighted by Gasteiger charge is 2.46. The molecule has 0 aromatic heterocycles. The summed E-state index contributed by atoms with van der Waals surface area (Å²) in [6, 6.07) is 4.64. The molecule has 0 amide bonds. The molecule has 0 unspecified atom stereocenters. The summed E-state index contributed by atoms with van der Waals surface area (Å²) in [6.45, 7) is 0. The van der Waals surface area contributed by atoms with Crippen LogP contribution in [0.2, 0.25) is 0 Å². The van der Waals surface area contributed by atoms with Crippen LogP contribution < -0.4 is 4.74 Å². The minimum Gasteiger partial charge on any atom is -0.494 e. The van der Waals surface area contributed by atoms with Gasteiger partial charge in [0.2, 0.25) is 0 Å². The molecular weight excluding hydrogens is 203 g/mol. The summed E-state index contributed by atoms with van der Waals surface area (Å²) in [4.78, 5) is 8.66. The van der Waals surface area contributed by atoms with Crippen molar-refractivity contribution in [2.75, 3.05) is 7.11 Å². The molecule has 1 N–H and O–H groups in total. The Kier molecular flexibility index (Phi) is 2.60. The summed E-state index contributed by atoms with van der Waals surface area (Å²) in [6.07, 6.45) is 0.746. The first-order valence-electron chi connectivity index (χ1n) is 4.55. The number of methoxy groups -OCH3 is 1. The van der Waals surface area contributed by atoms with Crippen molar-refractivity contribution in [2.24, 2.45) is 0 Å². The topological polar surface area (TPSA) is 54.5 Å². The third kappa shape index (κ3) is 2.44. The Labute approximate surface area is 86.1 Å². The third-order valence-corrected chi connectivity index (χ3v) is 2.22. The number of ether oxygens (including phenoxy) is 1. The van der Waals surface area contributed by atoms with Crippen LogP contribution in [-0.4, -0.2) is 18.2 Å². The van der Waals surface area contributed by atoms with E-state index >= 15 is 0 Å². The van der Waals surface area contributed by atoms with Gasteiger partial charge in [0, 0.05) is 6.42 Å². The number of aryl methyl sites for hydroxylation is 1. The summed E-state index contributed by atoms with van der Waals surface area (Å²) < 4.78 is 18.0. The second kappa shape index (κ2) is 3.77. The highest BCUT2D eigenvalue weighted by atomic mass is 19.1. The predicted octanol–water partition coefficient (Wildman–Crippen LogP) is 1.37. The maximum atomic E-state index is 13.2. The molecule has 5 heteroatoms. The Morgan fingerprint density at radius 3 is 2.73 bits per heavy atom. The van der Waals surface area contributed by atoms with Gasteiger partial charge in [0.15, 0.2) is 11.6 Å². The van der Waals surface area contributed by atoms with E-state index in [1.807, 2.05) is 0 Å². The van der Waals surface area contributed by atoms with Crippen LogP contribution in [0.15, 0.2) is 18.2 Å².